The molecule has 0 bridgehead atoms. The van der Waals surface area contributed by atoms with E-state index in [1.54, 1.807) is 14.2 Å². The molecule has 1 heterocycles. The van der Waals surface area contributed by atoms with Gasteiger partial charge in [-0.3, -0.25) is 9.79 Å². The highest BCUT2D eigenvalue weighted by Gasteiger charge is 2.19. The van der Waals surface area contributed by atoms with Gasteiger partial charge in [0.25, 0.3) is 0 Å². The fraction of sp³-hybridized carbons (Fsp3) is 0.556. The Hall–Kier alpha value is -1.35. The SMILES string of the molecule is CN=C(NCc1cccc(CN2CCCC2=O)c1)NC(C)COC.I. The fourth-order valence-corrected chi connectivity index (χ4v) is 2.84. The van der Waals surface area contributed by atoms with Gasteiger partial charge in [0.05, 0.1) is 6.61 Å². The number of benzene rings is 1. The Morgan fingerprint density at radius 1 is 1.40 bits per heavy atom. The predicted molar refractivity (Wildman–Crippen MR) is 111 cm³/mol. The molecule has 7 heteroatoms. The van der Waals surface area contributed by atoms with Gasteiger partial charge < -0.3 is 20.3 Å². The number of carbonyl (C=O) groups is 1. The van der Waals surface area contributed by atoms with E-state index in [9.17, 15) is 4.79 Å². The molecule has 0 saturated carbocycles. The number of likely N-dealkylation sites (tertiary alicyclic amines) is 1. The van der Waals surface area contributed by atoms with Crippen molar-refractivity contribution in [3.05, 3.63) is 35.4 Å². The molecular weight excluding hydrogens is 431 g/mol. The van der Waals surface area contributed by atoms with Gasteiger partial charge >= 0.3 is 0 Å². The molecule has 1 unspecified atom stereocenters. The lowest BCUT2D eigenvalue weighted by molar-refractivity contribution is -0.128. The molecule has 1 aliphatic rings. The molecule has 1 aromatic rings. The monoisotopic (exact) mass is 460 g/mol. The summed E-state index contributed by atoms with van der Waals surface area (Å²) in [7, 11) is 3.44. The van der Waals surface area contributed by atoms with E-state index in [2.05, 4.69) is 33.8 Å². The molecule has 0 aromatic heterocycles. The van der Waals surface area contributed by atoms with Crippen LogP contribution in [0, 0.1) is 0 Å². The van der Waals surface area contributed by atoms with Gasteiger partial charge in [0.2, 0.25) is 5.91 Å². The lowest BCUT2D eigenvalue weighted by Gasteiger charge is -2.18. The maximum absolute atomic E-state index is 11.8. The van der Waals surface area contributed by atoms with Crippen molar-refractivity contribution < 1.29 is 9.53 Å². The zero-order valence-corrected chi connectivity index (χ0v) is 17.6. The number of hydrogen-bond acceptors (Lipinski definition) is 3. The third-order valence-electron chi connectivity index (χ3n) is 4.02. The molecule has 0 radical (unpaired) electrons. The van der Waals surface area contributed by atoms with Gasteiger partial charge in [0, 0.05) is 46.3 Å². The van der Waals surface area contributed by atoms with E-state index < -0.39 is 0 Å². The first kappa shape index (κ1) is 21.7. The number of nitrogens with one attached hydrogen (secondary N) is 2. The molecule has 1 fully saturated rings. The number of hydrogen-bond donors (Lipinski definition) is 2. The number of ether oxygens (including phenoxy) is 1. The van der Waals surface area contributed by atoms with Crippen molar-refractivity contribution in [2.75, 3.05) is 27.3 Å². The number of methoxy groups -OCH3 is 1. The summed E-state index contributed by atoms with van der Waals surface area (Å²) >= 11 is 0. The molecule has 2 N–H and O–H groups in total. The van der Waals surface area contributed by atoms with Crippen LogP contribution in [-0.4, -0.2) is 50.1 Å². The largest absolute Gasteiger partial charge is 0.383 e. The van der Waals surface area contributed by atoms with Crippen molar-refractivity contribution in [1.82, 2.24) is 15.5 Å². The van der Waals surface area contributed by atoms with Crippen molar-refractivity contribution >= 4 is 35.8 Å². The summed E-state index contributed by atoms with van der Waals surface area (Å²) < 4.78 is 5.12. The average Bonchev–Trinajstić information content (AvgIpc) is 2.97. The maximum Gasteiger partial charge on any atom is 0.222 e. The number of rotatable bonds is 7. The molecule has 1 aromatic carbocycles. The number of amides is 1. The normalized spacial score (nSPS) is 15.7. The van der Waals surface area contributed by atoms with E-state index in [1.807, 2.05) is 17.9 Å². The summed E-state index contributed by atoms with van der Waals surface area (Å²) in [6.45, 7) is 4.92. The van der Waals surface area contributed by atoms with E-state index in [-0.39, 0.29) is 35.9 Å². The average molecular weight is 460 g/mol. The van der Waals surface area contributed by atoms with Gasteiger partial charge in [-0.2, -0.15) is 0 Å². The van der Waals surface area contributed by atoms with Crippen LogP contribution in [0.4, 0.5) is 0 Å². The molecule has 1 saturated heterocycles. The Balaban J connectivity index is 0.00000312. The number of aliphatic imine (C=N–C) groups is 1. The van der Waals surface area contributed by atoms with Gasteiger partial charge in [0.1, 0.15) is 0 Å². The van der Waals surface area contributed by atoms with E-state index in [1.165, 1.54) is 11.1 Å². The van der Waals surface area contributed by atoms with Crippen molar-refractivity contribution in [1.29, 1.82) is 0 Å². The summed E-state index contributed by atoms with van der Waals surface area (Å²) in [5.74, 6) is 1.01. The summed E-state index contributed by atoms with van der Waals surface area (Å²) in [5.41, 5.74) is 2.33. The Kier molecular flexibility index (Phi) is 9.81. The number of carbonyl (C=O) groups excluding carboxylic acids is 1. The van der Waals surface area contributed by atoms with Crippen LogP contribution >= 0.6 is 24.0 Å². The second-order valence-electron chi connectivity index (χ2n) is 6.17. The summed E-state index contributed by atoms with van der Waals surface area (Å²) in [4.78, 5) is 17.9. The van der Waals surface area contributed by atoms with Crippen LogP contribution in [0.1, 0.15) is 30.9 Å². The highest BCUT2D eigenvalue weighted by atomic mass is 127. The van der Waals surface area contributed by atoms with Crippen LogP contribution in [0.5, 0.6) is 0 Å². The first-order valence-corrected chi connectivity index (χ1v) is 8.44. The summed E-state index contributed by atoms with van der Waals surface area (Å²) in [5, 5.41) is 6.59. The maximum atomic E-state index is 11.8. The lowest BCUT2D eigenvalue weighted by atomic mass is 10.1. The molecule has 1 atom stereocenters. The predicted octanol–water partition coefficient (Wildman–Crippen LogP) is 2.13. The zero-order chi connectivity index (χ0) is 17.4. The Labute approximate surface area is 167 Å². The van der Waals surface area contributed by atoms with Crippen molar-refractivity contribution in [2.45, 2.75) is 38.9 Å². The van der Waals surface area contributed by atoms with Crippen LogP contribution in [-0.2, 0) is 22.6 Å². The Morgan fingerprint density at radius 3 is 2.80 bits per heavy atom. The fourth-order valence-electron chi connectivity index (χ4n) is 2.84. The van der Waals surface area contributed by atoms with E-state index in [0.29, 0.717) is 26.1 Å². The van der Waals surface area contributed by atoms with E-state index in [4.69, 9.17) is 4.74 Å². The molecule has 1 aliphatic heterocycles. The minimum absolute atomic E-state index is 0. The first-order valence-electron chi connectivity index (χ1n) is 8.44. The molecule has 25 heavy (non-hydrogen) atoms. The van der Waals surface area contributed by atoms with Crippen LogP contribution in [0.3, 0.4) is 0 Å². The molecule has 140 valence electrons. The minimum atomic E-state index is 0. The van der Waals surface area contributed by atoms with Crippen LogP contribution < -0.4 is 10.6 Å². The van der Waals surface area contributed by atoms with Crippen molar-refractivity contribution in [2.24, 2.45) is 4.99 Å². The van der Waals surface area contributed by atoms with Gasteiger partial charge in [0.15, 0.2) is 5.96 Å². The number of guanidine groups is 1. The van der Waals surface area contributed by atoms with E-state index in [0.717, 1.165) is 18.9 Å². The Morgan fingerprint density at radius 2 is 2.16 bits per heavy atom. The summed E-state index contributed by atoms with van der Waals surface area (Å²) in [6.07, 6.45) is 1.66. The topological polar surface area (TPSA) is 66.0 Å². The second kappa shape index (κ2) is 11.3. The zero-order valence-electron chi connectivity index (χ0n) is 15.2. The first-order chi connectivity index (χ1) is 11.6. The van der Waals surface area contributed by atoms with Gasteiger partial charge in [-0.25, -0.2) is 0 Å². The van der Waals surface area contributed by atoms with Crippen molar-refractivity contribution in [3.8, 4) is 0 Å². The minimum Gasteiger partial charge on any atom is -0.383 e. The van der Waals surface area contributed by atoms with Crippen LogP contribution in [0.25, 0.3) is 0 Å². The number of nitrogens with zero attached hydrogens (tertiary/aromatic N) is 2. The summed E-state index contributed by atoms with van der Waals surface area (Å²) in [6, 6.07) is 8.52. The van der Waals surface area contributed by atoms with Crippen molar-refractivity contribution in [3.63, 3.8) is 0 Å². The second-order valence-corrected chi connectivity index (χ2v) is 6.17. The molecular formula is C18H29IN4O2. The molecule has 0 spiro atoms. The standard InChI is InChI=1S/C18H28N4O2.HI/c1-14(13-24-3)21-18(19-2)20-11-15-6-4-7-16(10-15)12-22-9-5-8-17(22)23;/h4,6-7,10,14H,5,8-9,11-13H2,1-3H3,(H2,19,20,21);1H. The molecule has 6 nitrogen and oxygen atoms in total. The van der Waals surface area contributed by atoms with Gasteiger partial charge in [-0.15, -0.1) is 24.0 Å². The quantitative estimate of drug-likeness (QED) is 0.372. The molecule has 0 aliphatic carbocycles. The lowest BCUT2D eigenvalue weighted by Crippen LogP contribution is -2.43. The van der Waals surface area contributed by atoms with Crippen LogP contribution in [0.15, 0.2) is 29.3 Å². The van der Waals surface area contributed by atoms with E-state index >= 15 is 0 Å². The highest BCUT2D eigenvalue weighted by Crippen LogP contribution is 2.15. The molecule has 1 amide bonds. The van der Waals surface area contributed by atoms with Gasteiger partial charge in [-0.05, 0) is 24.5 Å². The van der Waals surface area contributed by atoms with Crippen LogP contribution in [0.2, 0.25) is 0 Å². The third-order valence-corrected chi connectivity index (χ3v) is 4.02. The van der Waals surface area contributed by atoms with Gasteiger partial charge in [-0.1, -0.05) is 24.3 Å². The number of halogens is 1. The highest BCUT2D eigenvalue weighted by molar-refractivity contribution is 14.0. The molecule has 2 rings (SSSR count). The smallest absolute Gasteiger partial charge is 0.222 e. The Bertz CT molecular complexity index is 580. The third kappa shape index (κ3) is 7.19.